The second-order valence-electron chi connectivity index (χ2n) is 4.35. The summed E-state index contributed by atoms with van der Waals surface area (Å²) in [6.45, 7) is 1.86. The van der Waals surface area contributed by atoms with E-state index in [-0.39, 0.29) is 0 Å². The summed E-state index contributed by atoms with van der Waals surface area (Å²) in [5.74, 6) is 0.906. The Bertz CT molecular complexity index is 816. The van der Waals surface area contributed by atoms with Crippen LogP contribution in [0.15, 0.2) is 48.7 Å². The maximum atomic E-state index is 9.11. The van der Waals surface area contributed by atoms with Crippen LogP contribution in [-0.4, -0.2) is 9.97 Å². The number of para-hydroxylation sites is 1. The van der Waals surface area contributed by atoms with E-state index in [2.05, 4.69) is 16.0 Å². The molecule has 0 spiro atoms. The molecule has 0 aliphatic rings. The summed E-state index contributed by atoms with van der Waals surface area (Å²) >= 11 is 0. The van der Waals surface area contributed by atoms with Crippen LogP contribution >= 0.6 is 0 Å². The first-order chi connectivity index (χ1) is 9.78. The average molecular weight is 261 g/mol. The van der Waals surface area contributed by atoms with Gasteiger partial charge in [0.1, 0.15) is 17.1 Å². The number of rotatable bonds is 2. The van der Waals surface area contributed by atoms with E-state index in [0.29, 0.717) is 17.2 Å². The standard InChI is InChI=1S/C16H11N3O/c1-11-7-8-13(10-17)16(19-11)20-14-6-2-4-12-5-3-9-18-15(12)14/h2-9H,1H3. The Kier molecular flexibility index (Phi) is 3.02. The van der Waals surface area contributed by atoms with Gasteiger partial charge in [0.25, 0.3) is 0 Å². The number of aromatic nitrogens is 2. The molecule has 0 N–H and O–H groups in total. The molecule has 0 amide bonds. The molecule has 96 valence electrons. The third-order valence-electron chi connectivity index (χ3n) is 2.92. The molecule has 0 saturated heterocycles. The Balaban J connectivity index is 2.10. The van der Waals surface area contributed by atoms with Crippen LogP contribution in [0.5, 0.6) is 11.6 Å². The van der Waals surface area contributed by atoms with Gasteiger partial charge in [-0.05, 0) is 31.2 Å². The van der Waals surface area contributed by atoms with Crippen LogP contribution in [0, 0.1) is 18.3 Å². The smallest absolute Gasteiger partial charge is 0.237 e. The largest absolute Gasteiger partial charge is 0.435 e. The van der Waals surface area contributed by atoms with Crippen LogP contribution in [0.3, 0.4) is 0 Å². The molecule has 0 saturated carbocycles. The highest BCUT2D eigenvalue weighted by atomic mass is 16.5. The number of nitriles is 1. The van der Waals surface area contributed by atoms with E-state index in [1.54, 1.807) is 18.3 Å². The summed E-state index contributed by atoms with van der Waals surface area (Å²) in [6, 6.07) is 15.1. The highest BCUT2D eigenvalue weighted by Crippen LogP contribution is 2.29. The van der Waals surface area contributed by atoms with Gasteiger partial charge in [-0.1, -0.05) is 18.2 Å². The molecule has 2 heterocycles. The van der Waals surface area contributed by atoms with Crippen LogP contribution in [-0.2, 0) is 0 Å². The molecule has 4 heteroatoms. The zero-order chi connectivity index (χ0) is 13.9. The van der Waals surface area contributed by atoms with Crippen LogP contribution in [0.4, 0.5) is 0 Å². The zero-order valence-electron chi connectivity index (χ0n) is 10.9. The molecule has 0 fully saturated rings. The first-order valence-electron chi connectivity index (χ1n) is 6.17. The summed E-state index contributed by atoms with van der Waals surface area (Å²) in [4.78, 5) is 8.59. The summed E-state index contributed by atoms with van der Waals surface area (Å²) in [5, 5.41) is 10.1. The van der Waals surface area contributed by atoms with E-state index >= 15 is 0 Å². The molecule has 0 bridgehead atoms. The van der Waals surface area contributed by atoms with E-state index in [1.165, 1.54) is 0 Å². The molecule has 2 aromatic heterocycles. The molecule has 20 heavy (non-hydrogen) atoms. The molecule has 4 nitrogen and oxygen atoms in total. The van der Waals surface area contributed by atoms with Crippen molar-refractivity contribution >= 4 is 10.9 Å². The summed E-state index contributed by atoms with van der Waals surface area (Å²) in [5.41, 5.74) is 1.96. The fourth-order valence-electron chi connectivity index (χ4n) is 1.96. The van der Waals surface area contributed by atoms with Gasteiger partial charge in [-0.15, -0.1) is 0 Å². The third kappa shape index (κ3) is 2.17. The van der Waals surface area contributed by atoms with Gasteiger partial charge in [0, 0.05) is 17.3 Å². The second kappa shape index (κ2) is 4.98. The van der Waals surface area contributed by atoms with E-state index in [1.807, 2.05) is 37.3 Å². The normalized spacial score (nSPS) is 10.2. The van der Waals surface area contributed by atoms with E-state index in [4.69, 9.17) is 10.00 Å². The zero-order valence-corrected chi connectivity index (χ0v) is 10.9. The Labute approximate surface area is 116 Å². The van der Waals surface area contributed by atoms with Crippen LogP contribution in [0.1, 0.15) is 11.3 Å². The highest BCUT2D eigenvalue weighted by molar-refractivity contribution is 5.84. The first-order valence-corrected chi connectivity index (χ1v) is 6.17. The lowest BCUT2D eigenvalue weighted by Crippen LogP contribution is -1.95. The van der Waals surface area contributed by atoms with Crippen molar-refractivity contribution in [3.8, 4) is 17.7 Å². The molecule has 3 rings (SSSR count). The van der Waals surface area contributed by atoms with E-state index in [0.717, 1.165) is 16.6 Å². The average Bonchev–Trinajstić information content (AvgIpc) is 2.48. The number of ether oxygens (including phenoxy) is 1. The molecule has 3 aromatic rings. The van der Waals surface area contributed by atoms with Crippen LogP contribution in [0.25, 0.3) is 10.9 Å². The maximum Gasteiger partial charge on any atom is 0.237 e. The lowest BCUT2D eigenvalue weighted by atomic mass is 10.2. The van der Waals surface area contributed by atoms with Gasteiger partial charge in [-0.3, -0.25) is 4.98 Å². The molecule has 0 aliphatic carbocycles. The van der Waals surface area contributed by atoms with Crippen molar-refractivity contribution in [2.45, 2.75) is 6.92 Å². The van der Waals surface area contributed by atoms with Crippen LogP contribution < -0.4 is 4.74 Å². The van der Waals surface area contributed by atoms with Crippen LogP contribution in [0.2, 0.25) is 0 Å². The Hall–Kier alpha value is -2.93. The Morgan fingerprint density at radius 3 is 2.80 bits per heavy atom. The minimum Gasteiger partial charge on any atom is -0.435 e. The fraction of sp³-hybridized carbons (Fsp3) is 0.0625. The van der Waals surface area contributed by atoms with Crippen molar-refractivity contribution < 1.29 is 4.74 Å². The SMILES string of the molecule is Cc1ccc(C#N)c(Oc2cccc3cccnc23)n1. The maximum absolute atomic E-state index is 9.11. The van der Waals surface area contributed by atoms with Gasteiger partial charge in [-0.2, -0.15) is 5.26 Å². The van der Waals surface area contributed by atoms with Gasteiger partial charge >= 0.3 is 0 Å². The summed E-state index contributed by atoms with van der Waals surface area (Å²) < 4.78 is 5.80. The molecule has 0 radical (unpaired) electrons. The number of nitrogens with zero attached hydrogens (tertiary/aromatic N) is 3. The number of aryl methyl sites for hydroxylation is 1. The molecule has 0 atom stereocenters. The van der Waals surface area contributed by atoms with Gasteiger partial charge in [0.2, 0.25) is 5.88 Å². The predicted molar refractivity (Wildman–Crippen MR) is 75.5 cm³/mol. The molecular formula is C16H11N3O. The number of fused-ring (bicyclic) bond motifs is 1. The molecule has 0 unspecified atom stereocenters. The predicted octanol–water partition coefficient (Wildman–Crippen LogP) is 3.60. The van der Waals surface area contributed by atoms with Gasteiger partial charge in [0.05, 0.1) is 0 Å². The minimum atomic E-state index is 0.311. The number of benzene rings is 1. The third-order valence-corrected chi connectivity index (χ3v) is 2.92. The van der Waals surface area contributed by atoms with Gasteiger partial charge < -0.3 is 4.74 Å². The van der Waals surface area contributed by atoms with Crippen molar-refractivity contribution in [3.05, 3.63) is 59.9 Å². The minimum absolute atomic E-state index is 0.311. The van der Waals surface area contributed by atoms with Crippen molar-refractivity contribution in [1.82, 2.24) is 9.97 Å². The Morgan fingerprint density at radius 1 is 1.10 bits per heavy atom. The van der Waals surface area contributed by atoms with Gasteiger partial charge in [-0.25, -0.2) is 4.98 Å². The quantitative estimate of drug-likeness (QED) is 0.707. The number of pyridine rings is 2. The first kappa shape index (κ1) is 12.1. The fourth-order valence-corrected chi connectivity index (χ4v) is 1.96. The monoisotopic (exact) mass is 261 g/mol. The van der Waals surface area contributed by atoms with Crippen molar-refractivity contribution in [2.24, 2.45) is 0 Å². The lowest BCUT2D eigenvalue weighted by molar-refractivity contribution is 0.464. The van der Waals surface area contributed by atoms with Crippen molar-refractivity contribution in [1.29, 1.82) is 5.26 Å². The summed E-state index contributed by atoms with van der Waals surface area (Å²) in [6.07, 6.45) is 1.71. The molecule has 1 aromatic carbocycles. The highest BCUT2D eigenvalue weighted by Gasteiger charge is 2.09. The van der Waals surface area contributed by atoms with E-state index in [9.17, 15) is 0 Å². The lowest BCUT2D eigenvalue weighted by Gasteiger charge is -2.09. The van der Waals surface area contributed by atoms with Crippen molar-refractivity contribution in [3.63, 3.8) is 0 Å². The molecule has 0 aliphatic heterocycles. The topological polar surface area (TPSA) is 58.8 Å². The van der Waals surface area contributed by atoms with Crippen molar-refractivity contribution in [2.75, 3.05) is 0 Å². The second-order valence-corrected chi connectivity index (χ2v) is 4.35. The number of hydrogen-bond acceptors (Lipinski definition) is 4. The van der Waals surface area contributed by atoms with E-state index < -0.39 is 0 Å². The Morgan fingerprint density at radius 2 is 1.95 bits per heavy atom. The van der Waals surface area contributed by atoms with Gasteiger partial charge in [0.15, 0.2) is 5.75 Å². The number of hydrogen-bond donors (Lipinski definition) is 0. The summed E-state index contributed by atoms with van der Waals surface area (Å²) in [7, 11) is 0. The molecular weight excluding hydrogens is 250 g/mol.